The van der Waals surface area contributed by atoms with Crippen molar-refractivity contribution in [3.8, 4) is 0 Å². The summed E-state index contributed by atoms with van der Waals surface area (Å²) < 4.78 is 50.6. The first-order valence-electron chi connectivity index (χ1n) is 9.24. The Kier molecular flexibility index (Phi) is 6.58. The van der Waals surface area contributed by atoms with Crippen molar-refractivity contribution in [1.29, 1.82) is 0 Å². The largest absolute Gasteiger partial charge is 0.405 e. The fraction of sp³-hybridized carbons (Fsp3) is 0.200. The van der Waals surface area contributed by atoms with Crippen LogP contribution in [0.4, 0.5) is 23.2 Å². The Morgan fingerprint density at radius 1 is 1.15 bits per heavy atom. The van der Waals surface area contributed by atoms with Gasteiger partial charge in [0, 0.05) is 5.69 Å². The number of amides is 3. The number of hydrogen-bond donors (Lipinski definition) is 4. The molecule has 2 aromatic rings. The zero-order valence-electron chi connectivity index (χ0n) is 16.5. The van der Waals surface area contributed by atoms with Crippen molar-refractivity contribution in [3.63, 3.8) is 0 Å². The third kappa shape index (κ3) is 5.06. The van der Waals surface area contributed by atoms with Gasteiger partial charge in [-0.3, -0.25) is 19.4 Å². The summed E-state index contributed by atoms with van der Waals surface area (Å²) in [7, 11) is 0. The van der Waals surface area contributed by atoms with Crippen LogP contribution in [0.3, 0.4) is 0 Å². The first-order chi connectivity index (χ1) is 15.4. The highest BCUT2D eigenvalue weighted by atomic mass is 35.5. The second kappa shape index (κ2) is 9.06. The molecule has 0 spiro atoms. The van der Waals surface area contributed by atoms with E-state index in [1.54, 1.807) is 5.32 Å². The number of nitrogens with two attached hydrogens (primary N) is 1. The Balaban J connectivity index is 1.82. The molecule has 0 aromatic heterocycles. The van der Waals surface area contributed by atoms with Crippen LogP contribution < -0.4 is 21.7 Å². The Morgan fingerprint density at radius 3 is 2.39 bits per heavy atom. The van der Waals surface area contributed by atoms with Crippen LogP contribution in [-0.2, 0) is 15.1 Å². The molecule has 13 heteroatoms. The number of hydrogen-bond acceptors (Lipinski definition) is 5. The molecule has 2 atom stereocenters. The van der Waals surface area contributed by atoms with Crippen LogP contribution in [0.25, 0.3) is 0 Å². The summed E-state index contributed by atoms with van der Waals surface area (Å²) in [5, 5.41) is 6.68. The molecule has 0 radical (unpaired) electrons. The molecule has 1 aliphatic heterocycles. The Hall–Kier alpha value is -3.67. The highest BCUT2D eigenvalue weighted by molar-refractivity contribution is 6.34. The summed E-state index contributed by atoms with van der Waals surface area (Å²) >= 11 is 5.87. The van der Waals surface area contributed by atoms with E-state index in [4.69, 9.17) is 17.3 Å². The third-order valence-corrected chi connectivity index (χ3v) is 5.11. The Labute approximate surface area is 189 Å². The predicted octanol–water partition coefficient (Wildman–Crippen LogP) is 2.09. The molecule has 3 amide bonds. The van der Waals surface area contributed by atoms with Gasteiger partial charge < -0.3 is 21.7 Å². The lowest BCUT2D eigenvalue weighted by Crippen LogP contribution is -2.60. The van der Waals surface area contributed by atoms with E-state index in [1.165, 1.54) is 30.3 Å². The molecule has 0 saturated heterocycles. The average molecular weight is 486 g/mol. The van der Waals surface area contributed by atoms with Gasteiger partial charge in [0.1, 0.15) is 12.4 Å². The lowest BCUT2D eigenvalue weighted by Gasteiger charge is -2.31. The fourth-order valence-corrected chi connectivity index (χ4v) is 3.48. The molecule has 5 N–H and O–H groups in total. The highest BCUT2D eigenvalue weighted by Gasteiger charge is 2.52. The van der Waals surface area contributed by atoms with Crippen LogP contribution in [0.15, 0.2) is 47.5 Å². The lowest BCUT2D eigenvalue weighted by molar-refractivity contribution is -0.141. The molecule has 1 heterocycles. The van der Waals surface area contributed by atoms with E-state index in [-0.39, 0.29) is 21.8 Å². The van der Waals surface area contributed by atoms with E-state index in [9.17, 15) is 31.9 Å². The molecule has 3 rings (SSSR count). The summed E-state index contributed by atoms with van der Waals surface area (Å²) in [5.41, 5.74) is 3.94. The van der Waals surface area contributed by atoms with Crippen molar-refractivity contribution >= 4 is 41.3 Å². The molecule has 8 nitrogen and oxygen atoms in total. The molecule has 2 aromatic carbocycles. The number of nitrogens with zero attached hydrogens (tertiary/aromatic N) is 1. The number of carbonyl (C=O) groups excluding carboxylic acids is 3. The van der Waals surface area contributed by atoms with Crippen molar-refractivity contribution in [2.75, 3.05) is 11.9 Å². The van der Waals surface area contributed by atoms with Crippen LogP contribution in [0.5, 0.6) is 0 Å². The van der Waals surface area contributed by atoms with Gasteiger partial charge in [-0.15, -0.1) is 0 Å². The number of alkyl halides is 3. The quantitative estimate of drug-likeness (QED) is 0.467. The van der Waals surface area contributed by atoms with Gasteiger partial charge in [-0.25, -0.2) is 4.39 Å². The average Bonchev–Trinajstić information content (AvgIpc) is 3.18. The van der Waals surface area contributed by atoms with Gasteiger partial charge >= 0.3 is 6.18 Å². The third-order valence-electron chi connectivity index (χ3n) is 4.80. The lowest BCUT2D eigenvalue weighted by atomic mass is 9.82. The topological polar surface area (TPSA) is 126 Å². The Morgan fingerprint density at radius 2 is 1.82 bits per heavy atom. The van der Waals surface area contributed by atoms with Crippen LogP contribution in [0.2, 0.25) is 5.02 Å². The van der Waals surface area contributed by atoms with Gasteiger partial charge in [0.2, 0.25) is 5.91 Å². The molecule has 2 unspecified atom stereocenters. The number of primary amides is 1. The number of anilines is 1. The van der Waals surface area contributed by atoms with Gasteiger partial charge in [0.05, 0.1) is 16.9 Å². The van der Waals surface area contributed by atoms with E-state index in [2.05, 4.69) is 15.6 Å². The molecule has 1 aliphatic rings. The summed E-state index contributed by atoms with van der Waals surface area (Å²) in [6, 6.07) is 7.09. The van der Waals surface area contributed by atoms with E-state index >= 15 is 0 Å². The normalized spacial score (nSPS) is 19.6. The van der Waals surface area contributed by atoms with Crippen LogP contribution >= 0.6 is 11.6 Å². The van der Waals surface area contributed by atoms with Crippen LogP contribution in [0, 0.1) is 5.82 Å². The van der Waals surface area contributed by atoms with Gasteiger partial charge in [0.25, 0.3) is 11.8 Å². The van der Waals surface area contributed by atoms with Crippen LogP contribution in [-0.4, -0.2) is 42.8 Å². The molecular formula is C20H16ClF4N5O3. The van der Waals surface area contributed by atoms with Crippen molar-refractivity contribution < 1.29 is 31.9 Å². The maximum atomic E-state index is 13.2. The minimum atomic E-state index is -4.66. The minimum absolute atomic E-state index is 0.0167. The van der Waals surface area contributed by atoms with Crippen LogP contribution in [0.1, 0.15) is 15.9 Å². The molecule has 0 aliphatic carbocycles. The first-order valence-corrected chi connectivity index (χ1v) is 9.62. The number of carbonyl (C=O) groups is 3. The Bertz CT molecular complexity index is 1120. The second-order valence-electron chi connectivity index (χ2n) is 6.99. The molecule has 0 bridgehead atoms. The van der Waals surface area contributed by atoms with Crippen molar-refractivity contribution in [1.82, 2.24) is 10.6 Å². The molecular weight excluding hydrogens is 470 g/mol. The van der Waals surface area contributed by atoms with E-state index in [1.807, 2.05) is 0 Å². The highest BCUT2D eigenvalue weighted by Crippen LogP contribution is 2.31. The molecule has 0 saturated carbocycles. The fourth-order valence-electron chi connectivity index (χ4n) is 3.23. The minimum Gasteiger partial charge on any atom is -0.367 e. The predicted molar refractivity (Wildman–Crippen MR) is 111 cm³/mol. The van der Waals surface area contributed by atoms with Gasteiger partial charge in [-0.2, -0.15) is 13.2 Å². The number of nitrogens with one attached hydrogen (secondary N) is 3. The molecule has 0 fully saturated rings. The summed E-state index contributed by atoms with van der Waals surface area (Å²) in [6.07, 6.45) is -3.65. The van der Waals surface area contributed by atoms with E-state index < -0.39 is 47.8 Å². The maximum Gasteiger partial charge on any atom is 0.405 e. The van der Waals surface area contributed by atoms with Crippen molar-refractivity contribution in [2.24, 2.45) is 10.7 Å². The zero-order chi connectivity index (χ0) is 24.4. The van der Waals surface area contributed by atoms with Crippen molar-refractivity contribution in [2.45, 2.75) is 17.8 Å². The summed E-state index contributed by atoms with van der Waals surface area (Å²) in [6.45, 7) is -1.61. The maximum absolute atomic E-state index is 13.2. The number of rotatable bonds is 6. The summed E-state index contributed by atoms with van der Waals surface area (Å²) in [4.78, 5) is 40.8. The number of halogens is 5. The number of benzene rings is 2. The zero-order valence-corrected chi connectivity index (χ0v) is 17.3. The van der Waals surface area contributed by atoms with Gasteiger partial charge in [-0.1, -0.05) is 23.7 Å². The molecule has 33 heavy (non-hydrogen) atoms. The monoisotopic (exact) mass is 485 g/mol. The van der Waals surface area contributed by atoms with E-state index in [0.717, 1.165) is 18.5 Å². The van der Waals surface area contributed by atoms with Gasteiger partial charge in [0.15, 0.2) is 11.6 Å². The van der Waals surface area contributed by atoms with Gasteiger partial charge in [-0.05, 0) is 35.9 Å². The second-order valence-corrected chi connectivity index (χ2v) is 7.39. The SMILES string of the molecule is NC(=O)C1(c2ccc(NC(=O)c3ccc(F)cc3Cl)cc2)NC=NC1C(=O)NCC(F)(F)F. The molecule has 174 valence electrons. The standard InChI is InChI=1S/C20H16ClF4N5O3/c21-14-7-11(22)3-6-13(14)16(31)30-12-4-1-10(2-5-12)20(18(26)33)15(28-9-29-20)17(32)27-8-19(23,24)25/h1-7,9,15H,8H2,(H2,26,33)(H,27,32)(H,28,29)(H,30,31). The smallest absolute Gasteiger partial charge is 0.367 e. The van der Waals surface area contributed by atoms with Crippen molar-refractivity contribution in [3.05, 3.63) is 64.4 Å². The van der Waals surface area contributed by atoms with E-state index in [0.29, 0.717) is 0 Å². The first kappa shape index (κ1) is 24.0. The number of aliphatic imine (C=N–C) groups is 1. The summed E-state index contributed by atoms with van der Waals surface area (Å²) in [5.74, 6) is -3.46.